The summed E-state index contributed by atoms with van der Waals surface area (Å²) < 4.78 is 5.36. The van der Waals surface area contributed by atoms with E-state index in [9.17, 15) is 14.7 Å². The van der Waals surface area contributed by atoms with Crippen molar-refractivity contribution in [3.63, 3.8) is 0 Å². The van der Waals surface area contributed by atoms with Crippen molar-refractivity contribution in [2.45, 2.75) is 13.3 Å². The molecule has 1 aromatic carbocycles. The molecule has 23 heavy (non-hydrogen) atoms. The Morgan fingerprint density at radius 2 is 2.00 bits per heavy atom. The second-order valence-corrected chi connectivity index (χ2v) is 5.95. The van der Waals surface area contributed by atoms with Crippen molar-refractivity contribution in [1.29, 1.82) is 0 Å². The van der Waals surface area contributed by atoms with Crippen molar-refractivity contribution in [1.82, 2.24) is 5.32 Å². The van der Waals surface area contributed by atoms with Gasteiger partial charge in [-0.25, -0.2) is 0 Å². The van der Waals surface area contributed by atoms with Gasteiger partial charge >= 0.3 is 5.97 Å². The molecular formula is C17H19NO4S. The maximum atomic E-state index is 11.9. The quantitative estimate of drug-likeness (QED) is 0.779. The van der Waals surface area contributed by atoms with Gasteiger partial charge in [-0.3, -0.25) is 9.59 Å². The zero-order valence-corrected chi connectivity index (χ0v) is 13.6. The van der Waals surface area contributed by atoms with E-state index in [0.29, 0.717) is 17.9 Å². The Hall–Kier alpha value is -2.34. The number of ether oxygens (including phenoxy) is 1. The highest BCUT2D eigenvalue weighted by Gasteiger charge is 2.19. The number of carboxylic acid groups (broad SMARTS) is 1. The molecule has 122 valence electrons. The zero-order valence-electron chi connectivity index (χ0n) is 12.8. The molecule has 0 fully saturated rings. The first-order valence-corrected chi connectivity index (χ1v) is 8.24. The topological polar surface area (TPSA) is 75.6 Å². The van der Waals surface area contributed by atoms with E-state index in [1.54, 1.807) is 12.1 Å². The number of carbonyl (C=O) groups is 2. The van der Waals surface area contributed by atoms with E-state index in [1.165, 1.54) is 11.3 Å². The molecule has 5 nitrogen and oxygen atoms in total. The number of rotatable bonds is 8. The van der Waals surface area contributed by atoms with Gasteiger partial charge in [0.25, 0.3) is 5.91 Å². The van der Waals surface area contributed by atoms with Crippen LogP contribution in [0.5, 0.6) is 5.75 Å². The minimum atomic E-state index is -0.926. The van der Waals surface area contributed by atoms with E-state index in [-0.39, 0.29) is 12.5 Å². The third-order valence-electron chi connectivity index (χ3n) is 3.32. The number of thiophene rings is 1. The van der Waals surface area contributed by atoms with Gasteiger partial charge in [0.2, 0.25) is 0 Å². The molecule has 0 radical (unpaired) electrons. The third kappa shape index (κ3) is 5.10. The fourth-order valence-electron chi connectivity index (χ4n) is 2.13. The van der Waals surface area contributed by atoms with Crippen LogP contribution in [0.25, 0.3) is 0 Å². The van der Waals surface area contributed by atoms with Crippen molar-refractivity contribution in [2.75, 3.05) is 13.2 Å². The van der Waals surface area contributed by atoms with Crippen LogP contribution in [-0.2, 0) is 11.2 Å². The SMILES string of the molecule is CCOc1ccc(CC(CNC(=O)c2cccs2)C(=O)O)cc1. The Labute approximate surface area is 138 Å². The first-order valence-electron chi connectivity index (χ1n) is 7.36. The lowest BCUT2D eigenvalue weighted by molar-refractivity contribution is -0.141. The van der Waals surface area contributed by atoms with Crippen LogP contribution in [-0.4, -0.2) is 30.1 Å². The molecule has 1 heterocycles. The Bertz CT molecular complexity index is 637. The summed E-state index contributed by atoms with van der Waals surface area (Å²) in [4.78, 5) is 23.9. The van der Waals surface area contributed by atoms with E-state index in [1.807, 2.05) is 36.6 Å². The lowest BCUT2D eigenvalue weighted by atomic mass is 9.99. The largest absolute Gasteiger partial charge is 0.494 e. The van der Waals surface area contributed by atoms with Crippen molar-refractivity contribution >= 4 is 23.2 Å². The van der Waals surface area contributed by atoms with Crippen molar-refractivity contribution < 1.29 is 19.4 Å². The average Bonchev–Trinajstić information content (AvgIpc) is 3.07. The normalized spacial score (nSPS) is 11.7. The first kappa shape index (κ1) is 17.0. The molecule has 1 amide bonds. The van der Waals surface area contributed by atoms with Gasteiger partial charge in [0.15, 0.2) is 0 Å². The molecule has 0 aliphatic heterocycles. The van der Waals surface area contributed by atoms with Crippen LogP contribution in [0.15, 0.2) is 41.8 Å². The van der Waals surface area contributed by atoms with Gasteiger partial charge in [-0.2, -0.15) is 0 Å². The summed E-state index contributed by atoms with van der Waals surface area (Å²) in [5.41, 5.74) is 0.895. The minimum Gasteiger partial charge on any atom is -0.494 e. The minimum absolute atomic E-state index is 0.0965. The Balaban J connectivity index is 1.93. The van der Waals surface area contributed by atoms with Crippen molar-refractivity contribution in [3.05, 3.63) is 52.2 Å². The van der Waals surface area contributed by atoms with Crippen LogP contribution in [0.2, 0.25) is 0 Å². The fraction of sp³-hybridized carbons (Fsp3) is 0.294. The second kappa shape index (κ2) is 8.33. The molecule has 6 heteroatoms. The highest BCUT2D eigenvalue weighted by Crippen LogP contribution is 2.16. The number of amides is 1. The van der Waals surface area contributed by atoms with E-state index in [4.69, 9.17) is 4.74 Å². The second-order valence-electron chi connectivity index (χ2n) is 5.00. The number of carboxylic acids is 1. The standard InChI is InChI=1S/C17H19NO4S/c1-2-22-14-7-5-12(6-8-14)10-13(17(20)21)11-18-16(19)15-4-3-9-23-15/h3-9,13H,2,10-11H2,1H3,(H,18,19)(H,20,21). The van der Waals surface area contributed by atoms with Crippen LogP contribution >= 0.6 is 11.3 Å². The molecular weight excluding hydrogens is 314 g/mol. The number of nitrogens with one attached hydrogen (secondary N) is 1. The summed E-state index contributed by atoms with van der Waals surface area (Å²) in [6, 6.07) is 10.8. The summed E-state index contributed by atoms with van der Waals surface area (Å²) in [7, 11) is 0. The van der Waals surface area contributed by atoms with Crippen molar-refractivity contribution in [3.8, 4) is 5.75 Å². The first-order chi connectivity index (χ1) is 11.1. The summed E-state index contributed by atoms with van der Waals surface area (Å²) >= 11 is 1.33. The molecule has 0 aliphatic carbocycles. The van der Waals surface area contributed by atoms with Crippen LogP contribution in [0, 0.1) is 5.92 Å². The van der Waals surface area contributed by atoms with Gasteiger partial charge in [0.1, 0.15) is 5.75 Å². The highest BCUT2D eigenvalue weighted by atomic mass is 32.1. The van der Waals surface area contributed by atoms with Crippen LogP contribution < -0.4 is 10.1 Å². The number of hydrogen-bond acceptors (Lipinski definition) is 4. The Morgan fingerprint density at radius 1 is 1.26 bits per heavy atom. The molecule has 2 rings (SSSR count). The van der Waals surface area contributed by atoms with E-state index < -0.39 is 11.9 Å². The van der Waals surface area contributed by atoms with E-state index in [2.05, 4.69) is 5.32 Å². The molecule has 2 aromatic rings. The monoisotopic (exact) mass is 333 g/mol. The summed E-state index contributed by atoms with van der Waals surface area (Å²) in [6.07, 6.45) is 0.354. The van der Waals surface area contributed by atoms with Gasteiger partial charge in [0, 0.05) is 6.54 Å². The van der Waals surface area contributed by atoms with E-state index in [0.717, 1.165) is 11.3 Å². The molecule has 0 bridgehead atoms. The van der Waals surface area contributed by atoms with Gasteiger partial charge in [-0.1, -0.05) is 18.2 Å². The lowest BCUT2D eigenvalue weighted by Gasteiger charge is -2.13. The number of carbonyl (C=O) groups excluding carboxylic acids is 1. The highest BCUT2D eigenvalue weighted by molar-refractivity contribution is 7.12. The lowest BCUT2D eigenvalue weighted by Crippen LogP contribution is -2.33. The maximum absolute atomic E-state index is 11.9. The van der Waals surface area contributed by atoms with Gasteiger partial charge in [0.05, 0.1) is 17.4 Å². The molecule has 0 aliphatic rings. The zero-order chi connectivity index (χ0) is 16.7. The molecule has 1 atom stereocenters. The third-order valence-corrected chi connectivity index (χ3v) is 4.19. The maximum Gasteiger partial charge on any atom is 0.308 e. The van der Waals surface area contributed by atoms with E-state index >= 15 is 0 Å². The van der Waals surface area contributed by atoms with Gasteiger partial charge < -0.3 is 15.2 Å². The average molecular weight is 333 g/mol. The van der Waals surface area contributed by atoms with Crippen LogP contribution in [0.1, 0.15) is 22.2 Å². The number of hydrogen-bond donors (Lipinski definition) is 2. The fourth-order valence-corrected chi connectivity index (χ4v) is 2.77. The van der Waals surface area contributed by atoms with Crippen LogP contribution in [0.4, 0.5) is 0 Å². The molecule has 0 spiro atoms. The predicted molar refractivity (Wildman–Crippen MR) is 89.1 cm³/mol. The summed E-state index contributed by atoms with van der Waals surface area (Å²) in [5.74, 6) is -1.07. The van der Waals surface area contributed by atoms with Gasteiger partial charge in [-0.05, 0) is 42.5 Å². The summed E-state index contributed by atoms with van der Waals surface area (Å²) in [5, 5.41) is 13.8. The molecule has 1 unspecified atom stereocenters. The number of aliphatic carboxylic acids is 1. The molecule has 0 saturated heterocycles. The Kier molecular flexibility index (Phi) is 6.17. The van der Waals surface area contributed by atoms with Crippen LogP contribution in [0.3, 0.4) is 0 Å². The molecule has 1 aromatic heterocycles. The van der Waals surface area contributed by atoms with Crippen molar-refractivity contribution in [2.24, 2.45) is 5.92 Å². The number of benzene rings is 1. The van der Waals surface area contributed by atoms with Gasteiger partial charge in [-0.15, -0.1) is 11.3 Å². The predicted octanol–water partition coefficient (Wildman–Crippen LogP) is 2.82. The summed E-state index contributed by atoms with van der Waals surface area (Å²) in [6.45, 7) is 2.59. The molecule has 2 N–H and O–H groups in total. The smallest absolute Gasteiger partial charge is 0.308 e. The Morgan fingerprint density at radius 3 is 2.57 bits per heavy atom. The molecule has 0 saturated carbocycles.